The second-order valence-corrected chi connectivity index (χ2v) is 8.30. The SMILES string of the molecule is COc1ccc(CCNC(=NCc2nnc(C)n2C)NC(C)C2COc3ccccc32)cc1. The topological polar surface area (TPSA) is 85.6 Å². The summed E-state index contributed by atoms with van der Waals surface area (Å²) in [6.07, 6.45) is 0.873. The summed E-state index contributed by atoms with van der Waals surface area (Å²) in [5, 5.41) is 15.4. The number of para-hydroxylation sites is 1. The molecule has 3 aromatic rings. The van der Waals surface area contributed by atoms with Crippen LogP contribution in [-0.4, -0.2) is 47.0 Å². The second kappa shape index (κ2) is 10.4. The van der Waals surface area contributed by atoms with Crippen LogP contribution in [0, 0.1) is 6.92 Å². The van der Waals surface area contributed by atoms with Crippen molar-refractivity contribution in [1.82, 2.24) is 25.4 Å². The average molecular weight is 449 g/mol. The summed E-state index contributed by atoms with van der Waals surface area (Å²) in [6, 6.07) is 16.5. The maximum atomic E-state index is 5.89. The van der Waals surface area contributed by atoms with Gasteiger partial charge in [-0.15, -0.1) is 10.2 Å². The molecule has 4 rings (SSSR count). The van der Waals surface area contributed by atoms with Gasteiger partial charge in [0.2, 0.25) is 0 Å². The van der Waals surface area contributed by atoms with Gasteiger partial charge < -0.3 is 24.7 Å². The molecule has 2 N–H and O–H groups in total. The van der Waals surface area contributed by atoms with Crippen molar-refractivity contribution in [2.45, 2.75) is 38.8 Å². The third-order valence-corrected chi connectivity index (χ3v) is 6.13. The molecule has 0 fully saturated rings. The Labute approximate surface area is 195 Å². The van der Waals surface area contributed by atoms with Crippen molar-refractivity contribution in [3.8, 4) is 11.5 Å². The fourth-order valence-electron chi connectivity index (χ4n) is 3.93. The number of nitrogens with one attached hydrogen (secondary N) is 2. The number of methoxy groups -OCH3 is 1. The molecular weight excluding hydrogens is 416 g/mol. The summed E-state index contributed by atoms with van der Waals surface area (Å²) in [4.78, 5) is 4.80. The van der Waals surface area contributed by atoms with Crippen LogP contribution in [0.3, 0.4) is 0 Å². The summed E-state index contributed by atoms with van der Waals surface area (Å²) in [5.41, 5.74) is 2.47. The van der Waals surface area contributed by atoms with Gasteiger partial charge in [-0.25, -0.2) is 4.99 Å². The van der Waals surface area contributed by atoms with E-state index >= 15 is 0 Å². The van der Waals surface area contributed by atoms with Gasteiger partial charge in [-0.3, -0.25) is 0 Å². The van der Waals surface area contributed by atoms with E-state index in [1.54, 1.807) is 7.11 Å². The summed E-state index contributed by atoms with van der Waals surface area (Å²) in [7, 11) is 3.64. The van der Waals surface area contributed by atoms with E-state index in [9.17, 15) is 0 Å². The van der Waals surface area contributed by atoms with Gasteiger partial charge in [0.1, 0.15) is 23.9 Å². The number of rotatable bonds is 8. The highest BCUT2D eigenvalue weighted by Crippen LogP contribution is 2.35. The van der Waals surface area contributed by atoms with Gasteiger partial charge in [0.05, 0.1) is 13.7 Å². The van der Waals surface area contributed by atoms with Gasteiger partial charge in [-0.1, -0.05) is 30.3 Å². The van der Waals surface area contributed by atoms with Crippen LogP contribution in [-0.2, 0) is 20.0 Å². The fourth-order valence-corrected chi connectivity index (χ4v) is 3.93. The number of nitrogens with zero attached hydrogens (tertiary/aromatic N) is 4. The standard InChI is InChI=1S/C25H32N6O2/c1-17(22-16-33-23-8-6-5-7-21(22)23)28-25(27-15-24-30-29-18(2)31(24)3)26-14-13-19-9-11-20(32-4)12-10-19/h5-12,17,22H,13-16H2,1-4H3,(H2,26,27,28). The Morgan fingerprint density at radius 2 is 2.00 bits per heavy atom. The molecule has 8 nitrogen and oxygen atoms in total. The maximum absolute atomic E-state index is 5.89. The third-order valence-electron chi connectivity index (χ3n) is 6.13. The Bertz CT molecular complexity index is 1090. The van der Waals surface area contributed by atoms with Crippen LogP contribution < -0.4 is 20.1 Å². The number of hydrogen-bond acceptors (Lipinski definition) is 5. The molecule has 1 aliphatic heterocycles. The van der Waals surface area contributed by atoms with Crippen LogP contribution in [0.2, 0.25) is 0 Å². The van der Waals surface area contributed by atoms with Crippen molar-refractivity contribution >= 4 is 5.96 Å². The fraction of sp³-hybridized carbons (Fsp3) is 0.400. The smallest absolute Gasteiger partial charge is 0.191 e. The molecule has 1 aromatic heterocycles. The highest BCUT2D eigenvalue weighted by Gasteiger charge is 2.29. The van der Waals surface area contributed by atoms with Crippen LogP contribution >= 0.6 is 0 Å². The summed E-state index contributed by atoms with van der Waals surface area (Å²) in [5.74, 6) is 4.54. The number of hydrogen-bond donors (Lipinski definition) is 2. The van der Waals surface area contributed by atoms with Crippen molar-refractivity contribution < 1.29 is 9.47 Å². The molecule has 0 aliphatic carbocycles. The second-order valence-electron chi connectivity index (χ2n) is 8.30. The van der Waals surface area contributed by atoms with E-state index in [1.807, 2.05) is 42.8 Å². The number of ether oxygens (including phenoxy) is 2. The number of fused-ring (bicyclic) bond motifs is 1. The van der Waals surface area contributed by atoms with E-state index in [1.165, 1.54) is 11.1 Å². The molecule has 0 spiro atoms. The van der Waals surface area contributed by atoms with Crippen LogP contribution in [0.1, 0.15) is 35.6 Å². The van der Waals surface area contributed by atoms with E-state index in [2.05, 4.69) is 52.0 Å². The van der Waals surface area contributed by atoms with Gasteiger partial charge in [-0.05, 0) is 44.0 Å². The van der Waals surface area contributed by atoms with Crippen molar-refractivity contribution in [1.29, 1.82) is 0 Å². The molecule has 174 valence electrons. The maximum Gasteiger partial charge on any atom is 0.191 e. The van der Waals surface area contributed by atoms with Gasteiger partial charge in [0.25, 0.3) is 0 Å². The molecule has 1 aliphatic rings. The predicted octanol–water partition coefficient (Wildman–Crippen LogP) is 2.97. The lowest BCUT2D eigenvalue weighted by atomic mass is 9.94. The Balaban J connectivity index is 1.43. The van der Waals surface area contributed by atoms with Crippen molar-refractivity contribution in [3.63, 3.8) is 0 Å². The zero-order valence-electron chi connectivity index (χ0n) is 19.7. The van der Waals surface area contributed by atoms with Crippen LogP contribution in [0.5, 0.6) is 11.5 Å². The van der Waals surface area contributed by atoms with E-state index in [4.69, 9.17) is 14.5 Å². The number of benzene rings is 2. The first-order chi connectivity index (χ1) is 16.0. The van der Waals surface area contributed by atoms with E-state index < -0.39 is 0 Å². The average Bonchev–Trinajstić information content (AvgIpc) is 3.41. The highest BCUT2D eigenvalue weighted by molar-refractivity contribution is 5.80. The van der Waals surface area contributed by atoms with Crippen LogP contribution in [0.25, 0.3) is 0 Å². The molecule has 2 heterocycles. The number of guanidine groups is 1. The van der Waals surface area contributed by atoms with Crippen LogP contribution in [0.15, 0.2) is 53.5 Å². The Morgan fingerprint density at radius 1 is 1.21 bits per heavy atom. The Hall–Kier alpha value is -3.55. The minimum atomic E-state index is 0.141. The normalized spacial score (nSPS) is 16.1. The first-order valence-corrected chi connectivity index (χ1v) is 11.3. The van der Waals surface area contributed by atoms with E-state index in [0.717, 1.165) is 42.1 Å². The number of aliphatic imine (C=N–C) groups is 1. The molecular formula is C25H32N6O2. The lowest BCUT2D eigenvalue weighted by Crippen LogP contribution is -2.45. The third kappa shape index (κ3) is 5.45. The molecule has 2 aromatic carbocycles. The predicted molar refractivity (Wildman–Crippen MR) is 129 cm³/mol. The monoisotopic (exact) mass is 448 g/mol. The molecule has 33 heavy (non-hydrogen) atoms. The van der Waals surface area contributed by atoms with Crippen molar-refractivity contribution in [3.05, 3.63) is 71.3 Å². The zero-order valence-corrected chi connectivity index (χ0v) is 19.7. The van der Waals surface area contributed by atoms with Gasteiger partial charge in [-0.2, -0.15) is 0 Å². The molecule has 2 unspecified atom stereocenters. The van der Waals surface area contributed by atoms with Gasteiger partial charge in [0, 0.05) is 31.1 Å². The number of aryl methyl sites for hydroxylation is 1. The molecule has 0 saturated heterocycles. The Morgan fingerprint density at radius 3 is 2.73 bits per heavy atom. The van der Waals surface area contributed by atoms with Gasteiger partial charge in [0.15, 0.2) is 11.8 Å². The Kier molecular flexibility index (Phi) is 7.12. The van der Waals surface area contributed by atoms with Crippen molar-refractivity contribution in [2.75, 3.05) is 20.3 Å². The minimum Gasteiger partial charge on any atom is -0.497 e. The first-order valence-electron chi connectivity index (χ1n) is 11.3. The minimum absolute atomic E-state index is 0.141. The van der Waals surface area contributed by atoms with Crippen molar-refractivity contribution in [2.24, 2.45) is 12.0 Å². The highest BCUT2D eigenvalue weighted by atomic mass is 16.5. The van der Waals surface area contributed by atoms with Crippen LogP contribution in [0.4, 0.5) is 0 Å². The molecule has 0 bridgehead atoms. The number of aromatic nitrogens is 3. The first kappa shape index (κ1) is 22.6. The lowest BCUT2D eigenvalue weighted by molar-refractivity contribution is 0.312. The van der Waals surface area contributed by atoms with Gasteiger partial charge >= 0.3 is 0 Å². The molecule has 0 radical (unpaired) electrons. The van der Waals surface area contributed by atoms with E-state index in [0.29, 0.717) is 13.2 Å². The summed E-state index contributed by atoms with van der Waals surface area (Å²) >= 11 is 0. The van der Waals surface area contributed by atoms with E-state index in [-0.39, 0.29) is 12.0 Å². The zero-order chi connectivity index (χ0) is 23.2. The summed E-state index contributed by atoms with van der Waals surface area (Å²) in [6.45, 7) is 5.96. The molecule has 2 atom stereocenters. The molecule has 0 saturated carbocycles. The summed E-state index contributed by atoms with van der Waals surface area (Å²) < 4.78 is 13.1. The largest absolute Gasteiger partial charge is 0.497 e. The quantitative estimate of drug-likeness (QED) is 0.407. The molecule has 8 heteroatoms. The molecule has 0 amide bonds. The lowest BCUT2D eigenvalue weighted by Gasteiger charge is -2.23.